The molecule has 0 N–H and O–H groups in total. The first-order valence-electron chi connectivity index (χ1n) is 8.57. The fraction of sp³-hybridized carbons (Fsp3) is 0.333. The Balaban J connectivity index is 1.75. The summed E-state index contributed by atoms with van der Waals surface area (Å²) < 4.78 is 72.1. The SMILES string of the molecule is COc1ccc(S(=O)(=O)N2CCN(S(=O)(=O)c3ccc(C)cc3)CC2)cc1F. The van der Waals surface area contributed by atoms with Crippen molar-refractivity contribution < 1.29 is 26.0 Å². The number of ether oxygens (including phenoxy) is 1. The van der Waals surface area contributed by atoms with Gasteiger partial charge in [-0.1, -0.05) is 17.7 Å². The highest BCUT2D eigenvalue weighted by Gasteiger charge is 2.34. The number of aryl methyl sites for hydroxylation is 1. The Morgan fingerprint density at radius 1 is 0.821 bits per heavy atom. The Hall–Kier alpha value is -2.01. The molecule has 0 saturated carbocycles. The molecular formula is C18H21FN2O5S2. The summed E-state index contributed by atoms with van der Waals surface area (Å²) in [5, 5.41) is 0. The molecule has 0 aromatic heterocycles. The van der Waals surface area contributed by atoms with Gasteiger partial charge >= 0.3 is 0 Å². The van der Waals surface area contributed by atoms with E-state index in [4.69, 9.17) is 4.74 Å². The lowest BCUT2D eigenvalue weighted by Crippen LogP contribution is -2.50. The normalized spacial score (nSPS) is 16.8. The van der Waals surface area contributed by atoms with Crippen LogP contribution in [-0.4, -0.2) is 58.7 Å². The summed E-state index contributed by atoms with van der Waals surface area (Å²) >= 11 is 0. The number of methoxy groups -OCH3 is 1. The molecule has 1 aliphatic rings. The second-order valence-corrected chi connectivity index (χ2v) is 10.3. The summed E-state index contributed by atoms with van der Waals surface area (Å²) in [5.74, 6) is -0.822. The van der Waals surface area contributed by atoms with Crippen molar-refractivity contribution in [2.24, 2.45) is 0 Å². The maximum Gasteiger partial charge on any atom is 0.243 e. The van der Waals surface area contributed by atoms with Crippen molar-refractivity contribution >= 4 is 20.0 Å². The lowest BCUT2D eigenvalue weighted by atomic mass is 10.2. The van der Waals surface area contributed by atoms with Crippen LogP contribution in [0.15, 0.2) is 52.3 Å². The van der Waals surface area contributed by atoms with Crippen LogP contribution in [0.2, 0.25) is 0 Å². The minimum atomic E-state index is -3.93. The number of piperazine rings is 1. The third kappa shape index (κ3) is 3.90. The van der Waals surface area contributed by atoms with Crippen molar-refractivity contribution in [3.8, 4) is 5.75 Å². The molecule has 0 bridgehead atoms. The van der Waals surface area contributed by atoms with E-state index in [1.165, 1.54) is 35.7 Å². The molecule has 2 aromatic rings. The molecule has 0 atom stereocenters. The highest BCUT2D eigenvalue weighted by Crippen LogP contribution is 2.25. The van der Waals surface area contributed by atoms with E-state index in [0.29, 0.717) is 0 Å². The zero-order chi connectivity index (χ0) is 20.5. The molecule has 0 radical (unpaired) electrons. The van der Waals surface area contributed by atoms with Crippen molar-refractivity contribution in [2.75, 3.05) is 33.3 Å². The molecule has 0 amide bonds. The number of hydrogen-bond acceptors (Lipinski definition) is 5. The zero-order valence-electron chi connectivity index (χ0n) is 15.5. The predicted octanol–water partition coefficient (Wildman–Crippen LogP) is 1.84. The molecule has 0 aliphatic carbocycles. The smallest absolute Gasteiger partial charge is 0.243 e. The molecule has 1 aliphatic heterocycles. The third-order valence-corrected chi connectivity index (χ3v) is 8.42. The van der Waals surface area contributed by atoms with E-state index in [9.17, 15) is 21.2 Å². The fourth-order valence-electron chi connectivity index (χ4n) is 2.97. The van der Waals surface area contributed by atoms with Crippen LogP contribution >= 0.6 is 0 Å². The van der Waals surface area contributed by atoms with Gasteiger partial charge in [0.15, 0.2) is 11.6 Å². The van der Waals surface area contributed by atoms with E-state index in [1.807, 2.05) is 6.92 Å². The van der Waals surface area contributed by atoms with Crippen LogP contribution in [0.1, 0.15) is 5.56 Å². The molecule has 2 aromatic carbocycles. The molecular weight excluding hydrogens is 407 g/mol. The summed E-state index contributed by atoms with van der Waals surface area (Å²) in [6.45, 7) is 1.88. The molecule has 1 heterocycles. The summed E-state index contributed by atoms with van der Waals surface area (Å²) in [6.07, 6.45) is 0. The van der Waals surface area contributed by atoms with Crippen LogP contribution in [-0.2, 0) is 20.0 Å². The van der Waals surface area contributed by atoms with Gasteiger partial charge in [0.1, 0.15) is 0 Å². The van der Waals surface area contributed by atoms with E-state index < -0.39 is 25.9 Å². The van der Waals surface area contributed by atoms with E-state index in [-0.39, 0.29) is 41.7 Å². The van der Waals surface area contributed by atoms with Gasteiger partial charge in [0.2, 0.25) is 20.0 Å². The summed E-state index contributed by atoms with van der Waals surface area (Å²) in [5.41, 5.74) is 0.946. The Kier molecular flexibility index (Phi) is 5.76. The number of hydrogen-bond donors (Lipinski definition) is 0. The van der Waals surface area contributed by atoms with Crippen molar-refractivity contribution in [3.05, 3.63) is 53.8 Å². The van der Waals surface area contributed by atoms with Crippen molar-refractivity contribution in [1.82, 2.24) is 8.61 Å². The van der Waals surface area contributed by atoms with Crippen LogP contribution in [0, 0.1) is 12.7 Å². The first-order chi connectivity index (χ1) is 13.2. The van der Waals surface area contributed by atoms with Gasteiger partial charge in [0.05, 0.1) is 16.9 Å². The summed E-state index contributed by atoms with van der Waals surface area (Å²) in [7, 11) is -6.33. The predicted molar refractivity (Wildman–Crippen MR) is 102 cm³/mol. The van der Waals surface area contributed by atoms with Gasteiger partial charge in [-0.05, 0) is 37.3 Å². The molecule has 10 heteroatoms. The number of sulfonamides is 2. The average molecular weight is 429 g/mol. The lowest BCUT2D eigenvalue weighted by molar-refractivity contribution is 0.272. The average Bonchev–Trinajstić information content (AvgIpc) is 2.68. The Labute approximate surface area is 164 Å². The van der Waals surface area contributed by atoms with Crippen LogP contribution in [0.25, 0.3) is 0 Å². The van der Waals surface area contributed by atoms with E-state index >= 15 is 0 Å². The first-order valence-corrected chi connectivity index (χ1v) is 11.4. The molecule has 0 spiro atoms. The van der Waals surface area contributed by atoms with Gasteiger partial charge in [-0.25, -0.2) is 21.2 Å². The minimum Gasteiger partial charge on any atom is -0.494 e. The van der Waals surface area contributed by atoms with Crippen LogP contribution in [0.5, 0.6) is 5.75 Å². The van der Waals surface area contributed by atoms with Crippen LogP contribution < -0.4 is 4.74 Å². The standard InChI is InChI=1S/C18H21FN2O5S2/c1-14-3-5-15(6-4-14)27(22,23)20-9-11-21(12-10-20)28(24,25)16-7-8-18(26-2)17(19)13-16/h3-8,13H,9-12H2,1-2H3. The van der Waals surface area contributed by atoms with Gasteiger partial charge in [-0.15, -0.1) is 0 Å². The van der Waals surface area contributed by atoms with Gasteiger partial charge in [0, 0.05) is 26.2 Å². The molecule has 28 heavy (non-hydrogen) atoms. The van der Waals surface area contributed by atoms with Crippen molar-refractivity contribution in [1.29, 1.82) is 0 Å². The maximum absolute atomic E-state index is 13.9. The van der Waals surface area contributed by atoms with Crippen molar-refractivity contribution in [3.63, 3.8) is 0 Å². The number of nitrogens with zero attached hydrogens (tertiary/aromatic N) is 2. The number of benzene rings is 2. The van der Waals surface area contributed by atoms with Crippen LogP contribution in [0.4, 0.5) is 4.39 Å². The highest BCUT2D eigenvalue weighted by molar-refractivity contribution is 7.89. The molecule has 1 fully saturated rings. The fourth-order valence-corrected chi connectivity index (χ4v) is 5.82. The van der Waals surface area contributed by atoms with E-state index in [0.717, 1.165) is 15.9 Å². The second kappa shape index (κ2) is 7.78. The topological polar surface area (TPSA) is 84.0 Å². The first kappa shape index (κ1) is 20.7. The Bertz CT molecular complexity index is 1060. The summed E-state index contributed by atoms with van der Waals surface area (Å²) in [6, 6.07) is 9.93. The number of rotatable bonds is 5. The van der Waals surface area contributed by atoms with Gasteiger partial charge < -0.3 is 4.74 Å². The quantitative estimate of drug-likeness (QED) is 0.726. The van der Waals surface area contributed by atoms with Crippen molar-refractivity contribution in [2.45, 2.75) is 16.7 Å². The Morgan fingerprint density at radius 2 is 1.29 bits per heavy atom. The molecule has 1 saturated heterocycles. The number of halogens is 1. The van der Waals surface area contributed by atoms with Gasteiger partial charge in [-0.2, -0.15) is 8.61 Å². The second-order valence-electron chi connectivity index (χ2n) is 6.42. The molecule has 7 nitrogen and oxygen atoms in total. The maximum atomic E-state index is 13.9. The Morgan fingerprint density at radius 3 is 1.75 bits per heavy atom. The summed E-state index contributed by atoms with van der Waals surface area (Å²) in [4.78, 5) is -0.0210. The van der Waals surface area contributed by atoms with E-state index in [2.05, 4.69) is 0 Å². The third-order valence-electron chi connectivity index (χ3n) is 4.62. The monoisotopic (exact) mass is 428 g/mol. The molecule has 3 rings (SSSR count). The minimum absolute atomic E-state index is 0.0128. The van der Waals surface area contributed by atoms with E-state index in [1.54, 1.807) is 12.1 Å². The highest BCUT2D eigenvalue weighted by atomic mass is 32.2. The lowest BCUT2D eigenvalue weighted by Gasteiger charge is -2.33. The van der Waals surface area contributed by atoms with Gasteiger partial charge in [-0.3, -0.25) is 0 Å². The van der Waals surface area contributed by atoms with Gasteiger partial charge in [0.25, 0.3) is 0 Å². The molecule has 152 valence electrons. The zero-order valence-corrected chi connectivity index (χ0v) is 17.1. The largest absolute Gasteiger partial charge is 0.494 e. The van der Waals surface area contributed by atoms with Crippen LogP contribution in [0.3, 0.4) is 0 Å². The molecule has 0 unspecified atom stereocenters.